The monoisotopic (exact) mass is 277 g/mol. The van der Waals surface area contributed by atoms with Gasteiger partial charge in [0.15, 0.2) is 0 Å². The number of nitrogens with zero attached hydrogens (tertiary/aromatic N) is 2. The van der Waals surface area contributed by atoms with Crippen LogP contribution in [0.3, 0.4) is 0 Å². The summed E-state index contributed by atoms with van der Waals surface area (Å²) >= 11 is 0. The van der Waals surface area contributed by atoms with Crippen molar-refractivity contribution in [3.63, 3.8) is 0 Å². The van der Waals surface area contributed by atoms with Crippen LogP contribution >= 0.6 is 0 Å². The number of nitrogens with one attached hydrogen (secondary N) is 1. The predicted octanol–water partition coefficient (Wildman–Crippen LogP) is 3.14. The Bertz CT molecular complexity index is 369. The van der Waals surface area contributed by atoms with Crippen molar-refractivity contribution in [3.05, 3.63) is 18.7 Å². The number of rotatable bonds is 8. The molecule has 1 N–H and O–H groups in total. The minimum Gasteiger partial charge on any atom is -0.356 e. The zero-order valence-electron chi connectivity index (χ0n) is 12.4. The highest BCUT2D eigenvalue weighted by Gasteiger charge is 2.13. The Morgan fingerprint density at radius 3 is 2.85 bits per heavy atom. The third-order valence-corrected chi connectivity index (χ3v) is 4.22. The molecule has 20 heavy (non-hydrogen) atoms. The predicted molar refractivity (Wildman–Crippen MR) is 80.3 cm³/mol. The van der Waals surface area contributed by atoms with Gasteiger partial charge in [-0.05, 0) is 25.2 Å². The van der Waals surface area contributed by atoms with E-state index in [1.807, 2.05) is 17.1 Å². The van der Waals surface area contributed by atoms with Crippen LogP contribution in [0, 0.1) is 5.92 Å². The third-order valence-electron chi connectivity index (χ3n) is 4.22. The van der Waals surface area contributed by atoms with E-state index < -0.39 is 0 Å². The van der Waals surface area contributed by atoms with Gasteiger partial charge in [-0.25, -0.2) is 4.98 Å². The average Bonchev–Trinajstić information content (AvgIpc) is 2.98. The van der Waals surface area contributed by atoms with E-state index in [9.17, 15) is 4.79 Å². The van der Waals surface area contributed by atoms with E-state index in [0.29, 0.717) is 6.42 Å². The van der Waals surface area contributed by atoms with Gasteiger partial charge >= 0.3 is 0 Å². The van der Waals surface area contributed by atoms with Gasteiger partial charge in [0.25, 0.3) is 0 Å². The lowest BCUT2D eigenvalue weighted by atomic mass is 9.86. The van der Waals surface area contributed by atoms with Crippen molar-refractivity contribution >= 4 is 5.91 Å². The van der Waals surface area contributed by atoms with E-state index in [0.717, 1.165) is 31.8 Å². The number of amides is 1. The molecule has 0 bridgehead atoms. The Hall–Kier alpha value is -1.32. The first-order valence-corrected chi connectivity index (χ1v) is 8.07. The molecule has 1 aromatic rings. The van der Waals surface area contributed by atoms with Gasteiger partial charge in [0.2, 0.25) is 5.91 Å². The number of carbonyl (C=O) groups excluding carboxylic acids is 1. The Kier molecular flexibility index (Phi) is 6.61. The first-order chi connectivity index (χ1) is 9.84. The summed E-state index contributed by atoms with van der Waals surface area (Å²) in [5.74, 6) is 1.10. The number of hydrogen-bond donors (Lipinski definition) is 1. The first kappa shape index (κ1) is 15.1. The van der Waals surface area contributed by atoms with E-state index >= 15 is 0 Å². The number of imidazole rings is 1. The van der Waals surface area contributed by atoms with Crippen molar-refractivity contribution in [2.45, 2.75) is 64.3 Å². The van der Waals surface area contributed by atoms with Gasteiger partial charge in [-0.2, -0.15) is 0 Å². The first-order valence-electron chi connectivity index (χ1n) is 8.07. The second kappa shape index (κ2) is 8.77. The largest absolute Gasteiger partial charge is 0.356 e. The molecule has 1 saturated carbocycles. The SMILES string of the molecule is O=C(CCCC1CCCCC1)NCCCn1ccnc1. The molecule has 0 atom stereocenters. The Morgan fingerprint density at radius 1 is 1.25 bits per heavy atom. The highest BCUT2D eigenvalue weighted by atomic mass is 16.1. The fourth-order valence-corrected chi connectivity index (χ4v) is 3.02. The molecule has 0 radical (unpaired) electrons. The van der Waals surface area contributed by atoms with Crippen LogP contribution in [0.2, 0.25) is 0 Å². The quantitative estimate of drug-likeness (QED) is 0.742. The molecular formula is C16H27N3O. The van der Waals surface area contributed by atoms with E-state index in [1.54, 1.807) is 6.20 Å². The van der Waals surface area contributed by atoms with Gasteiger partial charge in [0.05, 0.1) is 6.33 Å². The summed E-state index contributed by atoms with van der Waals surface area (Å²) in [6, 6.07) is 0. The van der Waals surface area contributed by atoms with E-state index in [4.69, 9.17) is 0 Å². The van der Waals surface area contributed by atoms with Gasteiger partial charge in [-0.15, -0.1) is 0 Å². The van der Waals surface area contributed by atoms with Crippen molar-refractivity contribution in [1.82, 2.24) is 14.9 Å². The highest BCUT2D eigenvalue weighted by Crippen LogP contribution is 2.27. The van der Waals surface area contributed by atoms with Crippen LogP contribution in [0.5, 0.6) is 0 Å². The van der Waals surface area contributed by atoms with Gasteiger partial charge in [0.1, 0.15) is 0 Å². The minimum absolute atomic E-state index is 0.214. The van der Waals surface area contributed by atoms with E-state index in [-0.39, 0.29) is 5.91 Å². The van der Waals surface area contributed by atoms with Crippen LogP contribution in [-0.4, -0.2) is 22.0 Å². The Labute approximate surface area is 122 Å². The van der Waals surface area contributed by atoms with Crippen molar-refractivity contribution in [2.24, 2.45) is 5.92 Å². The number of hydrogen-bond acceptors (Lipinski definition) is 2. The van der Waals surface area contributed by atoms with Crippen LogP contribution in [0.15, 0.2) is 18.7 Å². The normalized spacial score (nSPS) is 16.2. The molecule has 1 heterocycles. The topological polar surface area (TPSA) is 46.9 Å². The summed E-state index contributed by atoms with van der Waals surface area (Å²) in [4.78, 5) is 15.7. The molecule has 1 aliphatic carbocycles. The van der Waals surface area contributed by atoms with Gasteiger partial charge in [-0.1, -0.05) is 32.1 Å². The zero-order valence-corrected chi connectivity index (χ0v) is 12.4. The molecule has 1 aliphatic rings. The van der Waals surface area contributed by atoms with Crippen LogP contribution in [0.25, 0.3) is 0 Å². The molecule has 0 aromatic carbocycles. The zero-order chi connectivity index (χ0) is 14.0. The molecule has 0 spiro atoms. The molecule has 1 fully saturated rings. The maximum absolute atomic E-state index is 11.7. The second-order valence-corrected chi connectivity index (χ2v) is 5.90. The number of carbonyl (C=O) groups is 1. The van der Waals surface area contributed by atoms with Crippen LogP contribution in [-0.2, 0) is 11.3 Å². The van der Waals surface area contributed by atoms with Crippen molar-refractivity contribution in [2.75, 3.05) is 6.54 Å². The molecule has 0 aliphatic heterocycles. The molecule has 4 nitrogen and oxygen atoms in total. The molecule has 2 rings (SSSR count). The summed E-state index contributed by atoms with van der Waals surface area (Å²) in [5.41, 5.74) is 0. The van der Waals surface area contributed by atoms with Crippen molar-refractivity contribution < 1.29 is 4.79 Å². The highest BCUT2D eigenvalue weighted by molar-refractivity contribution is 5.75. The molecule has 0 saturated heterocycles. The minimum atomic E-state index is 0.214. The lowest BCUT2D eigenvalue weighted by molar-refractivity contribution is -0.121. The molecular weight excluding hydrogens is 250 g/mol. The van der Waals surface area contributed by atoms with E-state index in [1.165, 1.54) is 38.5 Å². The number of aromatic nitrogens is 2. The summed E-state index contributed by atoms with van der Waals surface area (Å²) in [6.45, 7) is 1.68. The van der Waals surface area contributed by atoms with Gasteiger partial charge < -0.3 is 9.88 Å². The van der Waals surface area contributed by atoms with Gasteiger partial charge in [0, 0.05) is 31.9 Å². The fraction of sp³-hybridized carbons (Fsp3) is 0.750. The molecule has 112 valence electrons. The van der Waals surface area contributed by atoms with E-state index in [2.05, 4.69) is 10.3 Å². The Morgan fingerprint density at radius 2 is 2.10 bits per heavy atom. The summed E-state index contributed by atoms with van der Waals surface area (Å²) in [7, 11) is 0. The van der Waals surface area contributed by atoms with Gasteiger partial charge in [-0.3, -0.25) is 4.79 Å². The third kappa shape index (κ3) is 5.76. The van der Waals surface area contributed by atoms with Crippen molar-refractivity contribution in [1.29, 1.82) is 0 Å². The lowest BCUT2D eigenvalue weighted by Gasteiger charge is -2.21. The standard InChI is InChI=1S/C16H27N3O/c20-16(9-4-8-15-6-2-1-3-7-15)18-10-5-12-19-13-11-17-14-19/h11,13-15H,1-10,12H2,(H,18,20). The van der Waals surface area contributed by atoms with Crippen LogP contribution in [0.1, 0.15) is 57.8 Å². The lowest BCUT2D eigenvalue weighted by Crippen LogP contribution is -2.25. The Balaban J connectivity index is 1.45. The maximum Gasteiger partial charge on any atom is 0.219 e. The molecule has 1 aromatic heterocycles. The molecule has 4 heteroatoms. The van der Waals surface area contributed by atoms with Crippen LogP contribution in [0.4, 0.5) is 0 Å². The van der Waals surface area contributed by atoms with Crippen LogP contribution < -0.4 is 5.32 Å². The average molecular weight is 277 g/mol. The summed E-state index contributed by atoms with van der Waals surface area (Å²) < 4.78 is 2.04. The second-order valence-electron chi connectivity index (χ2n) is 5.90. The smallest absolute Gasteiger partial charge is 0.219 e. The summed E-state index contributed by atoms with van der Waals surface area (Å²) in [5, 5.41) is 3.01. The maximum atomic E-state index is 11.7. The molecule has 1 amide bonds. The number of aryl methyl sites for hydroxylation is 1. The summed E-state index contributed by atoms with van der Waals surface area (Å²) in [6.07, 6.45) is 16.5. The van der Waals surface area contributed by atoms with Crippen molar-refractivity contribution in [3.8, 4) is 0 Å². The molecule has 0 unspecified atom stereocenters. The fourth-order valence-electron chi connectivity index (χ4n) is 3.02.